The van der Waals surface area contributed by atoms with Gasteiger partial charge in [-0.3, -0.25) is 9.78 Å². The van der Waals surface area contributed by atoms with Crippen molar-refractivity contribution in [2.75, 3.05) is 17.7 Å². The van der Waals surface area contributed by atoms with Gasteiger partial charge in [-0.05, 0) is 36.6 Å². The highest BCUT2D eigenvalue weighted by Crippen LogP contribution is 2.26. The molecule has 24 heavy (non-hydrogen) atoms. The molecule has 1 aliphatic heterocycles. The van der Waals surface area contributed by atoms with E-state index >= 15 is 0 Å². The molecule has 0 N–H and O–H groups in total. The maximum Gasteiger partial charge on any atom is 0.231 e. The number of fused-ring (bicyclic) bond motifs is 1. The molecular weight excluding hydrogens is 331 g/mol. The Kier molecular flexibility index (Phi) is 4.13. The molecule has 0 fully saturated rings. The van der Waals surface area contributed by atoms with Crippen molar-refractivity contribution >= 4 is 21.4 Å². The molecule has 0 saturated heterocycles. The summed E-state index contributed by atoms with van der Waals surface area (Å²) in [6, 6.07) is 6.18. The van der Waals surface area contributed by atoms with Gasteiger partial charge < -0.3 is 4.90 Å². The van der Waals surface area contributed by atoms with Gasteiger partial charge in [0.25, 0.3) is 0 Å². The molecule has 5 nitrogen and oxygen atoms in total. The summed E-state index contributed by atoms with van der Waals surface area (Å²) in [4.78, 5) is 18.2. The zero-order chi connectivity index (χ0) is 17.5. The second-order valence-corrected chi connectivity index (χ2v) is 7.88. The molecule has 7 heteroatoms. The number of halogens is 1. The summed E-state index contributed by atoms with van der Waals surface area (Å²) in [7, 11) is -3.44. The van der Waals surface area contributed by atoms with Gasteiger partial charge in [-0.25, -0.2) is 12.8 Å². The second-order valence-electron chi connectivity index (χ2n) is 5.90. The molecule has 1 aliphatic rings. The Morgan fingerprint density at radius 3 is 2.75 bits per heavy atom. The summed E-state index contributed by atoms with van der Waals surface area (Å²) in [5, 5.41) is 0. The Morgan fingerprint density at radius 1 is 1.29 bits per heavy atom. The zero-order valence-corrected chi connectivity index (χ0v) is 14.2. The van der Waals surface area contributed by atoms with Crippen LogP contribution in [0.4, 0.5) is 10.1 Å². The van der Waals surface area contributed by atoms with E-state index in [2.05, 4.69) is 4.98 Å². The molecule has 3 rings (SSSR count). The largest absolute Gasteiger partial charge is 0.310 e. The molecule has 2 aromatic rings. The van der Waals surface area contributed by atoms with E-state index in [0.717, 1.165) is 6.26 Å². The molecule has 0 radical (unpaired) electrons. The number of anilines is 1. The van der Waals surface area contributed by atoms with Crippen LogP contribution in [0.25, 0.3) is 0 Å². The van der Waals surface area contributed by atoms with Crippen LogP contribution in [0.5, 0.6) is 0 Å². The van der Waals surface area contributed by atoms with Gasteiger partial charge in [0.2, 0.25) is 5.91 Å². The van der Waals surface area contributed by atoms with Crippen LogP contribution in [0.2, 0.25) is 0 Å². The lowest BCUT2D eigenvalue weighted by Crippen LogP contribution is -2.32. The molecule has 2 heterocycles. The lowest BCUT2D eigenvalue weighted by Gasteiger charge is -2.21. The van der Waals surface area contributed by atoms with Crippen molar-refractivity contribution in [3.63, 3.8) is 0 Å². The highest BCUT2D eigenvalue weighted by Gasteiger charge is 2.25. The second kappa shape index (κ2) is 5.98. The molecule has 0 bridgehead atoms. The summed E-state index contributed by atoms with van der Waals surface area (Å²) in [6.45, 7) is 1.89. The van der Waals surface area contributed by atoms with Crippen LogP contribution in [0.1, 0.15) is 16.8 Å². The highest BCUT2D eigenvalue weighted by atomic mass is 32.2. The van der Waals surface area contributed by atoms with Crippen LogP contribution >= 0.6 is 0 Å². The first-order valence-corrected chi connectivity index (χ1v) is 9.40. The normalized spacial score (nSPS) is 15.1. The van der Waals surface area contributed by atoms with Gasteiger partial charge in [-0.15, -0.1) is 0 Å². The average Bonchev–Trinajstić information content (AvgIpc) is 2.66. The molecular formula is C17H17FN2O3S. The Morgan fingerprint density at radius 2 is 2.04 bits per heavy atom. The molecule has 0 saturated carbocycles. The Balaban J connectivity index is 2.00. The van der Waals surface area contributed by atoms with Crippen molar-refractivity contribution in [2.45, 2.75) is 24.7 Å². The SMILES string of the molecule is Cc1ncc(N2CCc3c(F)cccc3CC2=O)cc1S(C)(=O)=O. The van der Waals surface area contributed by atoms with Crippen molar-refractivity contribution < 1.29 is 17.6 Å². The van der Waals surface area contributed by atoms with E-state index in [0.29, 0.717) is 28.9 Å². The number of amides is 1. The smallest absolute Gasteiger partial charge is 0.231 e. The number of carbonyl (C=O) groups excluding carboxylic acids is 1. The Bertz CT molecular complexity index is 925. The molecule has 1 aromatic heterocycles. The van der Waals surface area contributed by atoms with E-state index < -0.39 is 9.84 Å². The third-order valence-electron chi connectivity index (χ3n) is 4.18. The van der Waals surface area contributed by atoms with E-state index in [-0.39, 0.29) is 29.6 Å². The van der Waals surface area contributed by atoms with Gasteiger partial charge >= 0.3 is 0 Å². The summed E-state index contributed by atoms with van der Waals surface area (Å²) in [5.41, 5.74) is 2.01. The first kappa shape index (κ1) is 16.6. The molecule has 0 spiro atoms. The summed E-state index contributed by atoms with van der Waals surface area (Å²) in [6.07, 6.45) is 3.04. The van der Waals surface area contributed by atoms with Crippen LogP contribution in [0, 0.1) is 12.7 Å². The fourth-order valence-electron chi connectivity index (χ4n) is 2.95. The lowest BCUT2D eigenvalue weighted by atomic mass is 10.0. The number of hydrogen-bond donors (Lipinski definition) is 0. The van der Waals surface area contributed by atoms with Crippen LogP contribution in [-0.2, 0) is 27.5 Å². The summed E-state index contributed by atoms with van der Waals surface area (Å²) >= 11 is 0. The fraction of sp³-hybridized carbons (Fsp3) is 0.294. The number of aryl methyl sites for hydroxylation is 1. The minimum absolute atomic E-state index is 0.0785. The van der Waals surface area contributed by atoms with E-state index in [9.17, 15) is 17.6 Å². The van der Waals surface area contributed by atoms with Crippen molar-refractivity contribution in [1.29, 1.82) is 0 Å². The fourth-order valence-corrected chi connectivity index (χ4v) is 3.88. The summed E-state index contributed by atoms with van der Waals surface area (Å²) in [5.74, 6) is -0.523. The third kappa shape index (κ3) is 3.03. The van der Waals surface area contributed by atoms with E-state index in [4.69, 9.17) is 0 Å². The zero-order valence-electron chi connectivity index (χ0n) is 13.4. The topological polar surface area (TPSA) is 67.3 Å². The van der Waals surface area contributed by atoms with E-state index in [1.807, 2.05) is 0 Å². The number of hydrogen-bond acceptors (Lipinski definition) is 4. The van der Waals surface area contributed by atoms with Gasteiger partial charge in [0.15, 0.2) is 9.84 Å². The molecule has 1 aromatic carbocycles. The maximum atomic E-state index is 14.0. The van der Waals surface area contributed by atoms with Crippen LogP contribution < -0.4 is 4.90 Å². The van der Waals surface area contributed by atoms with Gasteiger partial charge in [-0.1, -0.05) is 12.1 Å². The standard InChI is InChI=1S/C17H17FN2O3S/c1-11-16(24(2,22)23)9-13(10-19-11)20-7-6-14-12(8-17(20)21)4-3-5-15(14)18/h3-5,9-10H,6-8H2,1-2H3. The first-order valence-electron chi connectivity index (χ1n) is 7.50. The number of carbonyl (C=O) groups is 1. The number of aromatic nitrogens is 1. The van der Waals surface area contributed by atoms with E-state index in [1.165, 1.54) is 23.2 Å². The predicted octanol–water partition coefficient (Wildman–Crippen LogP) is 2.06. The van der Waals surface area contributed by atoms with Gasteiger partial charge in [0.05, 0.1) is 28.9 Å². The summed E-state index contributed by atoms with van der Waals surface area (Å²) < 4.78 is 37.7. The van der Waals surface area contributed by atoms with Crippen LogP contribution in [-0.4, -0.2) is 32.1 Å². The quantitative estimate of drug-likeness (QED) is 0.833. The molecule has 0 unspecified atom stereocenters. The third-order valence-corrected chi connectivity index (χ3v) is 5.39. The predicted molar refractivity (Wildman–Crippen MR) is 88.2 cm³/mol. The minimum atomic E-state index is -3.44. The average molecular weight is 348 g/mol. The number of nitrogens with zero attached hydrogens (tertiary/aromatic N) is 2. The van der Waals surface area contributed by atoms with E-state index in [1.54, 1.807) is 19.1 Å². The van der Waals surface area contributed by atoms with Crippen molar-refractivity contribution in [1.82, 2.24) is 4.98 Å². The number of sulfone groups is 1. The van der Waals surface area contributed by atoms with Crippen molar-refractivity contribution in [3.8, 4) is 0 Å². The van der Waals surface area contributed by atoms with Crippen molar-refractivity contribution in [3.05, 3.63) is 53.1 Å². The van der Waals surface area contributed by atoms with Crippen LogP contribution in [0.15, 0.2) is 35.4 Å². The van der Waals surface area contributed by atoms with Crippen molar-refractivity contribution in [2.24, 2.45) is 0 Å². The lowest BCUT2D eigenvalue weighted by molar-refractivity contribution is -0.117. The molecule has 0 aliphatic carbocycles. The Labute approximate surface area is 140 Å². The van der Waals surface area contributed by atoms with Gasteiger partial charge in [0.1, 0.15) is 5.82 Å². The molecule has 126 valence electrons. The number of rotatable bonds is 2. The monoisotopic (exact) mass is 348 g/mol. The maximum absolute atomic E-state index is 14.0. The Hall–Kier alpha value is -2.28. The first-order chi connectivity index (χ1) is 11.3. The highest BCUT2D eigenvalue weighted by molar-refractivity contribution is 7.90. The molecule has 0 atom stereocenters. The van der Waals surface area contributed by atoms with Gasteiger partial charge in [-0.2, -0.15) is 0 Å². The number of benzene rings is 1. The van der Waals surface area contributed by atoms with Crippen LogP contribution in [0.3, 0.4) is 0 Å². The molecule has 1 amide bonds. The van der Waals surface area contributed by atoms with Gasteiger partial charge in [0, 0.05) is 12.8 Å². The minimum Gasteiger partial charge on any atom is -0.310 e. The number of pyridine rings is 1.